The highest BCUT2D eigenvalue weighted by molar-refractivity contribution is 9.10. The number of aryl methyl sites for hydroxylation is 1. The molecule has 0 saturated carbocycles. The SMILES string of the molecule is CC(=O)N(C)c1cccc(Cl)c1COc1cccn2c(Br)c(C)nc12. The van der Waals surface area contributed by atoms with Crippen molar-refractivity contribution in [3.63, 3.8) is 0 Å². The largest absolute Gasteiger partial charge is 0.485 e. The van der Waals surface area contributed by atoms with Gasteiger partial charge in [0.1, 0.15) is 11.2 Å². The van der Waals surface area contributed by atoms with E-state index in [-0.39, 0.29) is 12.5 Å². The van der Waals surface area contributed by atoms with Gasteiger partial charge in [-0.3, -0.25) is 9.20 Å². The molecule has 0 aliphatic rings. The molecule has 130 valence electrons. The van der Waals surface area contributed by atoms with Crippen LogP contribution in [0.5, 0.6) is 5.75 Å². The van der Waals surface area contributed by atoms with Gasteiger partial charge in [-0.1, -0.05) is 17.7 Å². The van der Waals surface area contributed by atoms with Crippen LogP contribution in [0.2, 0.25) is 5.02 Å². The molecule has 0 aliphatic carbocycles. The van der Waals surface area contributed by atoms with Gasteiger partial charge in [0, 0.05) is 30.8 Å². The number of rotatable bonds is 4. The van der Waals surface area contributed by atoms with Gasteiger partial charge < -0.3 is 9.64 Å². The van der Waals surface area contributed by atoms with Gasteiger partial charge in [0.2, 0.25) is 5.91 Å². The first-order valence-corrected chi connectivity index (χ1v) is 8.85. The second-order valence-electron chi connectivity index (χ2n) is 5.66. The van der Waals surface area contributed by atoms with E-state index in [9.17, 15) is 4.79 Å². The lowest BCUT2D eigenvalue weighted by Crippen LogP contribution is -2.24. The number of halogens is 2. The van der Waals surface area contributed by atoms with Gasteiger partial charge in [-0.15, -0.1) is 0 Å². The Bertz CT molecular complexity index is 955. The molecule has 0 fully saturated rings. The number of ether oxygens (including phenoxy) is 1. The molecule has 0 atom stereocenters. The number of benzene rings is 1. The standard InChI is InChI=1S/C18H17BrClN3O2/c1-11-17(19)23-9-5-8-16(18(23)21-11)25-10-13-14(20)6-4-7-15(13)22(3)12(2)24/h4-9H,10H2,1-3H3. The lowest BCUT2D eigenvalue weighted by molar-refractivity contribution is -0.116. The van der Waals surface area contributed by atoms with Crippen molar-refractivity contribution in [2.24, 2.45) is 0 Å². The highest BCUT2D eigenvalue weighted by atomic mass is 79.9. The van der Waals surface area contributed by atoms with Gasteiger partial charge in [0.15, 0.2) is 11.4 Å². The van der Waals surface area contributed by atoms with Gasteiger partial charge in [-0.2, -0.15) is 0 Å². The predicted molar refractivity (Wildman–Crippen MR) is 102 cm³/mol. The normalized spacial score (nSPS) is 10.9. The summed E-state index contributed by atoms with van der Waals surface area (Å²) in [5.74, 6) is 0.575. The van der Waals surface area contributed by atoms with E-state index in [1.54, 1.807) is 18.0 Å². The molecule has 25 heavy (non-hydrogen) atoms. The number of amides is 1. The van der Waals surface area contributed by atoms with Crippen LogP contribution in [0.3, 0.4) is 0 Å². The number of fused-ring (bicyclic) bond motifs is 1. The van der Waals surface area contributed by atoms with Crippen molar-refractivity contribution in [3.8, 4) is 5.75 Å². The first-order valence-electron chi connectivity index (χ1n) is 7.67. The molecule has 0 aliphatic heterocycles. The van der Waals surface area contributed by atoms with Crippen molar-refractivity contribution in [1.82, 2.24) is 9.38 Å². The first-order chi connectivity index (χ1) is 11.9. The van der Waals surface area contributed by atoms with Crippen molar-refractivity contribution >= 4 is 44.8 Å². The third-order valence-electron chi connectivity index (χ3n) is 4.01. The quantitative estimate of drug-likeness (QED) is 0.616. The molecule has 0 saturated heterocycles. The van der Waals surface area contributed by atoms with Crippen LogP contribution in [0.25, 0.3) is 5.65 Å². The number of pyridine rings is 1. The van der Waals surface area contributed by atoms with E-state index in [1.807, 2.05) is 41.8 Å². The molecule has 2 heterocycles. The van der Waals surface area contributed by atoms with Crippen LogP contribution in [0.15, 0.2) is 41.1 Å². The smallest absolute Gasteiger partial charge is 0.223 e. The summed E-state index contributed by atoms with van der Waals surface area (Å²) in [6, 6.07) is 9.20. The highest BCUT2D eigenvalue weighted by Crippen LogP contribution is 2.30. The average Bonchev–Trinajstić information content (AvgIpc) is 2.88. The van der Waals surface area contributed by atoms with E-state index in [1.165, 1.54) is 6.92 Å². The monoisotopic (exact) mass is 421 g/mol. The summed E-state index contributed by atoms with van der Waals surface area (Å²) in [7, 11) is 1.72. The van der Waals surface area contributed by atoms with Crippen LogP contribution >= 0.6 is 27.5 Å². The molecule has 1 aromatic carbocycles. The fourth-order valence-electron chi connectivity index (χ4n) is 2.56. The number of hydrogen-bond donors (Lipinski definition) is 0. The average molecular weight is 423 g/mol. The van der Waals surface area contributed by atoms with Crippen LogP contribution in [-0.2, 0) is 11.4 Å². The second-order valence-corrected chi connectivity index (χ2v) is 6.82. The maximum absolute atomic E-state index is 11.7. The van der Waals surface area contributed by atoms with Gasteiger partial charge in [-0.05, 0) is 47.1 Å². The molecule has 3 aromatic rings. The minimum atomic E-state index is -0.0709. The number of hydrogen-bond acceptors (Lipinski definition) is 3. The van der Waals surface area contributed by atoms with Crippen molar-refractivity contribution in [2.75, 3.05) is 11.9 Å². The van der Waals surface area contributed by atoms with Crippen LogP contribution in [0, 0.1) is 6.92 Å². The number of aromatic nitrogens is 2. The third kappa shape index (κ3) is 3.37. The molecular weight excluding hydrogens is 406 g/mol. The summed E-state index contributed by atoms with van der Waals surface area (Å²) in [5, 5.41) is 0.554. The van der Waals surface area contributed by atoms with Gasteiger partial charge in [0.25, 0.3) is 0 Å². The Morgan fingerprint density at radius 3 is 2.84 bits per heavy atom. The Labute approximate surface area is 159 Å². The summed E-state index contributed by atoms with van der Waals surface area (Å²) >= 11 is 9.86. The number of carbonyl (C=O) groups is 1. The summed E-state index contributed by atoms with van der Waals surface area (Å²) in [6.45, 7) is 3.67. The van der Waals surface area contributed by atoms with E-state index >= 15 is 0 Å². The number of carbonyl (C=O) groups excluding carboxylic acids is 1. The maximum Gasteiger partial charge on any atom is 0.223 e. The predicted octanol–water partition coefficient (Wildman–Crippen LogP) is 4.62. The third-order valence-corrected chi connectivity index (χ3v) is 5.32. The Morgan fingerprint density at radius 1 is 1.36 bits per heavy atom. The Kier molecular flexibility index (Phi) is 5.01. The minimum absolute atomic E-state index is 0.0709. The van der Waals surface area contributed by atoms with Crippen LogP contribution < -0.4 is 9.64 Å². The second kappa shape index (κ2) is 7.06. The Morgan fingerprint density at radius 2 is 2.12 bits per heavy atom. The fourth-order valence-corrected chi connectivity index (χ4v) is 3.16. The van der Waals surface area contributed by atoms with Crippen molar-refractivity contribution in [2.45, 2.75) is 20.5 Å². The lowest BCUT2D eigenvalue weighted by Gasteiger charge is -2.20. The molecule has 0 unspecified atom stereocenters. The van der Waals surface area contributed by atoms with Gasteiger partial charge >= 0.3 is 0 Å². The van der Waals surface area contributed by atoms with Crippen molar-refractivity contribution in [3.05, 3.63) is 57.4 Å². The fraction of sp³-hybridized carbons (Fsp3) is 0.222. The first kappa shape index (κ1) is 17.8. The topological polar surface area (TPSA) is 46.8 Å². The summed E-state index contributed by atoms with van der Waals surface area (Å²) in [5.41, 5.74) is 3.09. The zero-order valence-electron chi connectivity index (χ0n) is 14.1. The summed E-state index contributed by atoms with van der Waals surface area (Å²) in [6.07, 6.45) is 1.91. The van der Waals surface area contributed by atoms with Crippen molar-refractivity contribution in [1.29, 1.82) is 0 Å². The molecule has 0 bridgehead atoms. The minimum Gasteiger partial charge on any atom is -0.485 e. The molecule has 2 aromatic heterocycles. The number of nitrogens with zero attached hydrogens (tertiary/aromatic N) is 3. The highest BCUT2D eigenvalue weighted by Gasteiger charge is 2.16. The van der Waals surface area contributed by atoms with E-state index in [4.69, 9.17) is 16.3 Å². The molecule has 1 amide bonds. The molecule has 0 N–H and O–H groups in total. The van der Waals surface area contributed by atoms with Crippen LogP contribution in [0.1, 0.15) is 18.2 Å². The Balaban J connectivity index is 1.95. The molecule has 5 nitrogen and oxygen atoms in total. The van der Waals surface area contributed by atoms with E-state index < -0.39 is 0 Å². The van der Waals surface area contributed by atoms with Gasteiger partial charge in [0.05, 0.1) is 11.4 Å². The zero-order chi connectivity index (χ0) is 18.1. The molecule has 0 radical (unpaired) electrons. The van der Waals surface area contributed by atoms with Crippen molar-refractivity contribution < 1.29 is 9.53 Å². The van der Waals surface area contributed by atoms with Crippen LogP contribution in [0.4, 0.5) is 5.69 Å². The Hall–Kier alpha value is -2.05. The molecule has 7 heteroatoms. The molecule has 0 spiro atoms. The molecule has 3 rings (SSSR count). The van der Waals surface area contributed by atoms with E-state index in [0.717, 1.165) is 27.2 Å². The van der Waals surface area contributed by atoms with E-state index in [2.05, 4.69) is 20.9 Å². The van der Waals surface area contributed by atoms with Crippen LogP contribution in [-0.4, -0.2) is 22.3 Å². The van der Waals surface area contributed by atoms with E-state index in [0.29, 0.717) is 10.8 Å². The lowest BCUT2D eigenvalue weighted by atomic mass is 10.1. The molecular formula is C18H17BrClN3O2. The summed E-state index contributed by atoms with van der Waals surface area (Å²) < 4.78 is 8.81. The summed E-state index contributed by atoms with van der Waals surface area (Å²) in [4.78, 5) is 17.8. The number of imidazole rings is 1. The van der Waals surface area contributed by atoms with Gasteiger partial charge in [-0.25, -0.2) is 4.98 Å². The number of anilines is 1. The zero-order valence-corrected chi connectivity index (χ0v) is 16.4. The maximum atomic E-state index is 11.7.